The first kappa shape index (κ1) is 12.4. The number of carbonyl (C=O) groups excluding carboxylic acids is 1. The van der Waals surface area contributed by atoms with Crippen LogP contribution in [-0.2, 0) is 5.88 Å². The van der Waals surface area contributed by atoms with Crippen LogP contribution in [0.2, 0.25) is 0 Å². The SMILES string of the molecule is O=C(c1ccc(CCl)cc1)N(CCO)C1CC1. The fourth-order valence-corrected chi connectivity index (χ4v) is 2.02. The van der Waals surface area contributed by atoms with Crippen LogP contribution in [-0.4, -0.2) is 35.1 Å². The van der Waals surface area contributed by atoms with E-state index in [0.29, 0.717) is 24.0 Å². The Morgan fingerprint density at radius 2 is 2.00 bits per heavy atom. The van der Waals surface area contributed by atoms with Gasteiger partial charge in [0, 0.05) is 24.0 Å². The van der Waals surface area contributed by atoms with E-state index in [2.05, 4.69) is 0 Å². The summed E-state index contributed by atoms with van der Waals surface area (Å²) in [5.74, 6) is 0.458. The lowest BCUT2D eigenvalue weighted by Gasteiger charge is -2.21. The highest BCUT2D eigenvalue weighted by Crippen LogP contribution is 2.28. The van der Waals surface area contributed by atoms with E-state index >= 15 is 0 Å². The average molecular weight is 254 g/mol. The van der Waals surface area contributed by atoms with Crippen molar-refractivity contribution in [1.82, 2.24) is 4.90 Å². The molecule has 3 nitrogen and oxygen atoms in total. The summed E-state index contributed by atoms with van der Waals surface area (Å²) in [5, 5.41) is 8.98. The molecule has 1 saturated carbocycles. The van der Waals surface area contributed by atoms with Crippen molar-refractivity contribution in [2.75, 3.05) is 13.2 Å². The Balaban J connectivity index is 2.10. The number of alkyl halides is 1. The first-order chi connectivity index (χ1) is 8.26. The van der Waals surface area contributed by atoms with E-state index in [4.69, 9.17) is 16.7 Å². The van der Waals surface area contributed by atoms with E-state index in [1.165, 1.54) is 0 Å². The number of halogens is 1. The Labute approximate surface area is 106 Å². The molecule has 1 aliphatic carbocycles. The molecule has 0 saturated heterocycles. The van der Waals surface area contributed by atoms with Crippen molar-refractivity contribution in [1.29, 1.82) is 0 Å². The van der Waals surface area contributed by atoms with E-state index in [0.717, 1.165) is 18.4 Å². The topological polar surface area (TPSA) is 40.5 Å². The lowest BCUT2D eigenvalue weighted by atomic mass is 10.1. The summed E-state index contributed by atoms with van der Waals surface area (Å²) in [6, 6.07) is 7.65. The number of hydrogen-bond acceptors (Lipinski definition) is 2. The van der Waals surface area contributed by atoms with Crippen LogP contribution in [0.15, 0.2) is 24.3 Å². The molecule has 1 amide bonds. The van der Waals surface area contributed by atoms with Gasteiger partial charge in [0.15, 0.2) is 0 Å². The van der Waals surface area contributed by atoms with Crippen LogP contribution < -0.4 is 0 Å². The highest BCUT2D eigenvalue weighted by molar-refractivity contribution is 6.17. The minimum Gasteiger partial charge on any atom is -0.395 e. The van der Waals surface area contributed by atoms with Crippen LogP contribution in [0, 0.1) is 0 Å². The van der Waals surface area contributed by atoms with Crippen LogP contribution in [0.25, 0.3) is 0 Å². The van der Waals surface area contributed by atoms with E-state index in [1.54, 1.807) is 17.0 Å². The second-order valence-corrected chi connectivity index (χ2v) is 4.55. The largest absolute Gasteiger partial charge is 0.395 e. The Hall–Kier alpha value is -1.06. The lowest BCUT2D eigenvalue weighted by Crippen LogP contribution is -2.35. The molecule has 1 fully saturated rings. The van der Waals surface area contributed by atoms with Gasteiger partial charge in [0.1, 0.15) is 0 Å². The molecule has 0 atom stereocenters. The van der Waals surface area contributed by atoms with Gasteiger partial charge in [0.2, 0.25) is 0 Å². The van der Waals surface area contributed by atoms with Crippen molar-refractivity contribution in [2.24, 2.45) is 0 Å². The fraction of sp³-hybridized carbons (Fsp3) is 0.462. The highest BCUT2D eigenvalue weighted by Gasteiger charge is 2.32. The van der Waals surface area contributed by atoms with Gasteiger partial charge >= 0.3 is 0 Å². The molecule has 0 spiro atoms. The van der Waals surface area contributed by atoms with Crippen LogP contribution in [0.3, 0.4) is 0 Å². The molecule has 4 heteroatoms. The number of aliphatic hydroxyl groups excluding tert-OH is 1. The Morgan fingerprint density at radius 1 is 1.35 bits per heavy atom. The third-order valence-corrected chi connectivity index (χ3v) is 3.25. The summed E-state index contributed by atoms with van der Waals surface area (Å²) in [4.78, 5) is 14.0. The number of rotatable bonds is 5. The summed E-state index contributed by atoms with van der Waals surface area (Å²) >= 11 is 5.70. The summed E-state index contributed by atoms with van der Waals surface area (Å²) < 4.78 is 0. The minimum absolute atomic E-state index is 0.00247. The van der Waals surface area contributed by atoms with Gasteiger partial charge in [-0.1, -0.05) is 12.1 Å². The number of carbonyl (C=O) groups is 1. The van der Waals surface area contributed by atoms with E-state index < -0.39 is 0 Å². The Morgan fingerprint density at radius 3 is 2.47 bits per heavy atom. The van der Waals surface area contributed by atoms with Crippen LogP contribution in [0.4, 0.5) is 0 Å². The minimum atomic E-state index is 0.00247. The smallest absolute Gasteiger partial charge is 0.254 e. The van der Waals surface area contributed by atoms with Gasteiger partial charge in [-0.3, -0.25) is 4.79 Å². The normalized spacial score (nSPS) is 14.7. The molecule has 2 rings (SSSR count). The second-order valence-electron chi connectivity index (χ2n) is 4.28. The van der Waals surface area contributed by atoms with E-state index in [-0.39, 0.29) is 12.5 Å². The van der Waals surface area contributed by atoms with Crippen molar-refractivity contribution in [3.8, 4) is 0 Å². The van der Waals surface area contributed by atoms with Crippen molar-refractivity contribution in [3.63, 3.8) is 0 Å². The maximum atomic E-state index is 12.2. The molecule has 17 heavy (non-hydrogen) atoms. The van der Waals surface area contributed by atoms with Gasteiger partial charge in [-0.15, -0.1) is 11.6 Å². The van der Waals surface area contributed by atoms with Gasteiger partial charge < -0.3 is 10.0 Å². The quantitative estimate of drug-likeness (QED) is 0.816. The van der Waals surface area contributed by atoms with E-state index in [1.807, 2.05) is 12.1 Å². The molecule has 0 aromatic heterocycles. The maximum absolute atomic E-state index is 12.2. The number of benzene rings is 1. The molecule has 0 bridgehead atoms. The molecule has 0 radical (unpaired) electrons. The molecular weight excluding hydrogens is 238 g/mol. The molecule has 1 aromatic rings. The fourth-order valence-electron chi connectivity index (χ4n) is 1.85. The predicted molar refractivity (Wildman–Crippen MR) is 67.1 cm³/mol. The first-order valence-electron chi connectivity index (χ1n) is 5.83. The maximum Gasteiger partial charge on any atom is 0.254 e. The molecule has 0 aliphatic heterocycles. The first-order valence-corrected chi connectivity index (χ1v) is 6.36. The van der Waals surface area contributed by atoms with Crippen LogP contribution in [0.5, 0.6) is 0 Å². The summed E-state index contributed by atoms with van der Waals surface area (Å²) in [5.41, 5.74) is 1.67. The molecule has 0 heterocycles. The third kappa shape index (κ3) is 2.99. The zero-order valence-corrected chi connectivity index (χ0v) is 10.4. The molecular formula is C13H16ClNO2. The van der Waals surface area contributed by atoms with Gasteiger partial charge in [-0.05, 0) is 30.5 Å². The standard InChI is InChI=1S/C13H16ClNO2/c14-9-10-1-3-11(4-2-10)13(17)15(7-8-16)12-5-6-12/h1-4,12,16H,5-9H2. The van der Waals surface area contributed by atoms with Crippen molar-refractivity contribution in [3.05, 3.63) is 35.4 Å². The molecule has 1 N–H and O–H groups in total. The second kappa shape index (κ2) is 5.52. The van der Waals surface area contributed by atoms with Crippen molar-refractivity contribution in [2.45, 2.75) is 24.8 Å². The van der Waals surface area contributed by atoms with Crippen molar-refractivity contribution >= 4 is 17.5 Å². The molecule has 0 unspecified atom stereocenters. The summed E-state index contributed by atoms with van der Waals surface area (Å²) in [6.07, 6.45) is 2.09. The molecule has 92 valence electrons. The number of nitrogens with zero attached hydrogens (tertiary/aromatic N) is 1. The zero-order chi connectivity index (χ0) is 12.3. The van der Waals surface area contributed by atoms with Gasteiger partial charge in [0.05, 0.1) is 6.61 Å². The zero-order valence-electron chi connectivity index (χ0n) is 9.60. The van der Waals surface area contributed by atoms with E-state index in [9.17, 15) is 4.79 Å². The highest BCUT2D eigenvalue weighted by atomic mass is 35.5. The third-order valence-electron chi connectivity index (χ3n) is 2.94. The predicted octanol–water partition coefficient (Wildman–Crippen LogP) is 2.02. The van der Waals surface area contributed by atoms with Gasteiger partial charge in [-0.25, -0.2) is 0 Å². The number of aliphatic hydroxyl groups is 1. The summed E-state index contributed by atoms with van der Waals surface area (Å²) in [7, 11) is 0. The molecule has 1 aromatic carbocycles. The number of hydrogen-bond donors (Lipinski definition) is 1. The molecule has 1 aliphatic rings. The monoisotopic (exact) mass is 253 g/mol. The Bertz CT molecular complexity index is 387. The summed E-state index contributed by atoms with van der Waals surface area (Å²) in [6.45, 7) is 0.433. The van der Waals surface area contributed by atoms with Crippen molar-refractivity contribution < 1.29 is 9.90 Å². The van der Waals surface area contributed by atoms with Crippen LogP contribution >= 0.6 is 11.6 Å². The average Bonchev–Trinajstić information content (AvgIpc) is 3.19. The number of amides is 1. The van der Waals surface area contributed by atoms with Gasteiger partial charge in [-0.2, -0.15) is 0 Å². The van der Waals surface area contributed by atoms with Crippen LogP contribution in [0.1, 0.15) is 28.8 Å². The Kier molecular flexibility index (Phi) is 4.02. The van der Waals surface area contributed by atoms with Gasteiger partial charge in [0.25, 0.3) is 5.91 Å². The lowest BCUT2D eigenvalue weighted by molar-refractivity contribution is 0.0707.